The van der Waals surface area contributed by atoms with Crippen molar-refractivity contribution in [2.75, 3.05) is 0 Å². The average molecular weight is 352 g/mol. The lowest BCUT2D eigenvalue weighted by Crippen LogP contribution is -2.03. The second-order valence-electron chi connectivity index (χ2n) is 4.44. The van der Waals surface area contributed by atoms with Crippen molar-refractivity contribution in [1.82, 2.24) is 9.55 Å². The molecule has 3 rings (SSSR count). The SMILES string of the molecule is Cn1c(COc2ccc(Cl)cc2Br)nc2ccccc21. The van der Waals surface area contributed by atoms with Gasteiger partial charge in [0, 0.05) is 12.1 Å². The van der Waals surface area contributed by atoms with Gasteiger partial charge in [-0.1, -0.05) is 23.7 Å². The number of aromatic nitrogens is 2. The summed E-state index contributed by atoms with van der Waals surface area (Å²) in [4.78, 5) is 4.57. The summed E-state index contributed by atoms with van der Waals surface area (Å²) < 4.78 is 8.68. The third-order valence-electron chi connectivity index (χ3n) is 3.13. The van der Waals surface area contributed by atoms with Crippen LogP contribution < -0.4 is 4.74 Å². The van der Waals surface area contributed by atoms with Crippen LogP contribution in [0.4, 0.5) is 0 Å². The number of fused-ring (bicyclic) bond motifs is 1. The van der Waals surface area contributed by atoms with E-state index in [0.29, 0.717) is 11.6 Å². The molecule has 0 N–H and O–H groups in total. The van der Waals surface area contributed by atoms with Crippen molar-refractivity contribution in [1.29, 1.82) is 0 Å². The van der Waals surface area contributed by atoms with Crippen molar-refractivity contribution in [2.24, 2.45) is 7.05 Å². The molecule has 0 saturated carbocycles. The topological polar surface area (TPSA) is 27.1 Å². The highest BCUT2D eigenvalue weighted by molar-refractivity contribution is 9.10. The van der Waals surface area contributed by atoms with Gasteiger partial charge in [0.1, 0.15) is 18.2 Å². The van der Waals surface area contributed by atoms with Crippen molar-refractivity contribution >= 4 is 38.6 Å². The van der Waals surface area contributed by atoms with E-state index in [2.05, 4.69) is 20.9 Å². The number of rotatable bonds is 3. The van der Waals surface area contributed by atoms with Crippen molar-refractivity contribution in [2.45, 2.75) is 6.61 Å². The lowest BCUT2D eigenvalue weighted by atomic mass is 10.3. The average Bonchev–Trinajstić information content (AvgIpc) is 2.75. The molecule has 5 heteroatoms. The highest BCUT2D eigenvalue weighted by Gasteiger charge is 2.09. The number of nitrogens with zero attached hydrogens (tertiary/aromatic N) is 2. The summed E-state index contributed by atoms with van der Waals surface area (Å²) in [5, 5.41) is 0.673. The summed E-state index contributed by atoms with van der Waals surface area (Å²) in [6.45, 7) is 0.408. The van der Waals surface area contributed by atoms with Crippen molar-refractivity contribution in [3.63, 3.8) is 0 Å². The summed E-state index contributed by atoms with van der Waals surface area (Å²) in [6, 6.07) is 13.5. The molecule has 0 spiro atoms. The monoisotopic (exact) mass is 350 g/mol. The van der Waals surface area contributed by atoms with E-state index in [0.717, 1.165) is 27.1 Å². The zero-order chi connectivity index (χ0) is 14.1. The van der Waals surface area contributed by atoms with Gasteiger partial charge < -0.3 is 9.30 Å². The number of benzene rings is 2. The summed E-state index contributed by atoms with van der Waals surface area (Å²) >= 11 is 9.35. The summed E-state index contributed by atoms with van der Waals surface area (Å²) in [6.07, 6.45) is 0. The van der Waals surface area contributed by atoms with Gasteiger partial charge >= 0.3 is 0 Å². The first-order chi connectivity index (χ1) is 9.65. The van der Waals surface area contributed by atoms with Crippen molar-refractivity contribution in [3.8, 4) is 5.75 Å². The summed E-state index contributed by atoms with van der Waals surface area (Å²) in [5.74, 6) is 1.63. The van der Waals surface area contributed by atoms with Gasteiger partial charge in [-0.25, -0.2) is 4.98 Å². The van der Waals surface area contributed by atoms with Crippen LogP contribution in [-0.2, 0) is 13.7 Å². The number of imidazole rings is 1. The molecule has 0 aliphatic heterocycles. The van der Waals surface area contributed by atoms with Gasteiger partial charge in [0.15, 0.2) is 0 Å². The first kappa shape index (κ1) is 13.5. The number of halogens is 2. The van der Waals surface area contributed by atoms with Crippen LogP contribution in [0.3, 0.4) is 0 Å². The van der Waals surface area contributed by atoms with Gasteiger partial charge in [0.25, 0.3) is 0 Å². The maximum Gasteiger partial charge on any atom is 0.147 e. The molecule has 3 nitrogen and oxygen atoms in total. The van der Waals surface area contributed by atoms with E-state index in [4.69, 9.17) is 16.3 Å². The summed E-state index contributed by atoms with van der Waals surface area (Å²) in [5.41, 5.74) is 2.07. The molecular weight excluding hydrogens is 340 g/mol. The minimum atomic E-state index is 0.408. The van der Waals surface area contributed by atoms with E-state index in [1.54, 1.807) is 6.07 Å². The van der Waals surface area contributed by atoms with Gasteiger partial charge in [0.2, 0.25) is 0 Å². The van der Waals surface area contributed by atoms with Crippen LogP contribution in [0, 0.1) is 0 Å². The Bertz CT molecular complexity index is 770. The quantitative estimate of drug-likeness (QED) is 0.691. The Morgan fingerprint density at radius 1 is 1.25 bits per heavy atom. The van der Waals surface area contributed by atoms with Crippen molar-refractivity contribution in [3.05, 3.63) is 57.8 Å². The Hall–Kier alpha value is -1.52. The van der Waals surface area contributed by atoms with Crippen LogP contribution in [-0.4, -0.2) is 9.55 Å². The van der Waals surface area contributed by atoms with Crippen LogP contribution in [0.15, 0.2) is 46.9 Å². The van der Waals surface area contributed by atoms with Crippen LogP contribution >= 0.6 is 27.5 Å². The Balaban J connectivity index is 1.85. The fraction of sp³-hybridized carbons (Fsp3) is 0.133. The van der Waals surface area contributed by atoms with E-state index < -0.39 is 0 Å². The van der Waals surface area contributed by atoms with Gasteiger partial charge in [0.05, 0.1) is 15.5 Å². The van der Waals surface area contributed by atoms with E-state index in [1.807, 2.05) is 48.0 Å². The minimum Gasteiger partial charge on any atom is -0.484 e. The predicted molar refractivity (Wildman–Crippen MR) is 84.2 cm³/mol. The molecule has 0 saturated heterocycles. The van der Waals surface area contributed by atoms with Crippen LogP contribution in [0.1, 0.15) is 5.82 Å². The highest BCUT2D eigenvalue weighted by atomic mass is 79.9. The van der Waals surface area contributed by atoms with E-state index >= 15 is 0 Å². The first-order valence-electron chi connectivity index (χ1n) is 6.13. The van der Waals surface area contributed by atoms with E-state index in [-0.39, 0.29) is 0 Å². The van der Waals surface area contributed by atoms with Gasteiger partial charge in [-0.2, -0.15) is 0 Å². The van der Waals surface area contributed by atoms with Crippen LogP contribution in [0.25, 0.3) is 11.0 Å². The molecule has 0 atom stereocenters. The third kappa shape index (κ3) is 2.53. The molecule has 0 bridgehead atoms. The molecule has 1 heterocycles. The molecule has 0 radical (unpaired) electrons. The van der Waals surface area contributed by atoms with Crippen LogP contribution in [0.5, 0.6) is 5.75 Å². The number of aryl methyl sites for hydroxylation is 1. The Kier molecular flexibility index (Phi) is 3.68. The zero-order valence-electron chi connectivity index (χ0n) is 10.8. The van der Waals surface area contributed by atoms with Crippen molar-refractivity contribution < 1.29 is 4.74 Å². The zero-order valence-corrected chi connectivity index (χ0v) is 13.1. The third-order valence-corrected chi connectivity index (χ3v) is 3.99. The Labute approximate surface area is 130 Å². The number of hydrogen-bond acceptors (Lipinski definition) is 2. The lowest BCUT2D eigenvalue weighted by molar-refractivity contribution is 0.290. The predicted octanol–water partition coefficient (Wildman–Crippen LogP) is 4.57. The largest absolute Gasteiger partial charge is 0.484 e. The minimum absolute atomic E-state index is 0.408. The number of ether oxygens (including phenoxy) is 1. The molecule has 0 aliphatic carbocycles. The molecule has 3 aromatic rings. The molecule has 0 amide bonds. The van der Waals surface area contributed by atoms with Gasteiger partial charge in [-0.05, 0) is 46.3 Å². The maximum absolute atomic E-state index is 5.91. The second-order valence-corrected chi connectivity index (χ2v) is 5.73. The molecule has 20 heavy (non-hydrogen) atoms. The number of hydrogen-bond donors (Lipinski definition) is 0. The first-order valence-corrected chi connectivity index (χ1v) is 7.30. The standard InChI is InChI=1S/C15H12BrClN2O/c1-19-13-5-3-2-4-12(13)18-15(19)9-20-14-7-6-10(17)8-11(14)16/h2-8H,9H2,1H3. The van der Waals surface area contributed by atoms with E-state index in [1.165, 1.54) is 0 Å². The molecule has 2 aromatic carbocycles. The molecular formula is C15H12BrClN2O. The second kappa shape index (κ2) is 5.46. The maximum atomic E-state index is 5.91. The normalized spacial score (nSPS) is 10.9. The lowest BCUT2D eigenvalue weighted by Gasteiger charge is -2.08. The van der Waals surface area contributed by atoms with Gasteiger partial charge in [-0.3, -0.25) is 0 Å². The Morgan fingerprint density at radius 2 is 2.05 bits per heavy atom. The molecule has 1 aromatic heterocycles. The highest BCUT2D eigenvalue weighted by Crippen LogP contribution is 2.28. The van der Waals surface area contributed by atoms with E-state index in [9.17, 15) is 0 Å². The Morgan fingerprint density at radius 3 is 2.80 bits per heavy atom. The fourth-order valence-corrected chi connectivity index (χ4v) is 2.86. The molecule has 0 aliphatic rings. The van der Waals surface area contributed by atoms with Crippen LogP contribution in [0.2, 0.25) is 5.02 Å². The number of para-hydroxylation sites is 2. The smallest absolute Gasteiger partial charge is 0.147 e. The van der Waals surface area contributed by atoms with Gasteiger partial charge in [-0.15, -0.1) is 0 Å². The molecule has 0 unspecified atom stereocenters. The molecule has 0 fully saturated rings. The fourth-order valence-electron chi connectivity index (χ4n) is 2.06. The summed E-state index contributed by atoms with van der Waals surface area (Å²) in [7, 11) is 1.99. The molecule has 102 valence electrons.